The van der Waals surface area contributed by atoms with Gasteiger partial charge in [0.1, 0.15) is 11.5 Å². The van der Waals surface area contributed by atoms with E-state index in [0.717, 1.165) is 24.0 Å². The number of amides is 1. The highest BCUT2D eigenvalue weighted by Gasteiger charge is 2.34. The summed E-state index contributed by atoms with van der Waals surface area (Å²) in [5.74, 6) is 1.22. The van der Waals surface area contributed by atoms with Crippen LogP contribution in [0.15, 0.2) is 71.6 Å². The molecule has 8 heteroatoms. The molecule has 1 amide bonds. The van der Waals surface area contributed by atoms with Gasteiger partial charge >= 0.3 is 0 Å². The summed E-state index contributed by atoms with van der Waals surface area (Å²) in [5.41, 5.74) is 2.63. The molecule has 1 N–H and O–H groups in total. The Hall–Kier alpha value is -3.52. The van der Waals surface area contributed by atoms with Gasteiger partial charge in [-0.2, -0.15) is 0 Å². The predicted octanol–water partition coefficient (Wildman–Crippen LogP) is 4.62. The van der Waals surface area contributed by atoms with Crippen LogP contribution in [0.5, 0.6) is 11.5 Å². The summed E-state index contributed by atoms with van der Waals surface area (Å²) in [5, 5.41) is 0. The first-order chi connectivity index (χ1) is 16.3. The van der Waals surface area contributed by atoms with E-state index < -0.39 is 10.0 Å². The summed E-state index contributed by atoms with van der Waals surface area (Å²) < 4.78 is 39.1. The highest BCUT2D eigenvalue weighted by atomic mass is 32.2. The molecule has 3 aromatic carbocycles. The summed E-state index contributed by atoms with van der Waals surface area (Å²) in [6, 6.07) is 18.9. The van der Waals surface area contributed by atoms with Crippen molar-refractivity contribution in [3.05, 3.63) is 83.4 Å². The number of sulfonamides is 1. The van der Waals surface area contributed by atoms with Crippen molar-refractivity contribution >= 4 is 21.6 Å². The quantitative estimate of drug-likeness (QED) is 0.483. The molecule has 1 fully saturated rings. The van der Waals surface area contributed by atoms with Gasteiger partial charge in [-0.3, -0.25) is 9.52 Å². The zero-order chi connectivity index (χ0) is 24.3. The van der Waals surface area contributed by atoms with Gasteiger partial charge in [0, 0.05) is 17.2 Å². The normalized spacial score (nSPS) is 13.3. The largest absolute Gasteiger partial charge is 0.497 e. The molecule has 3 aromatic rings. The van der Waals surface area contributed by atoms with Gasteiger partial charge in [-0.1, -0.05) is 18.2 Å². The van der Waals surface area contributed by atoms with Crippen LogP contribution in [0.25, 0.3) is 0 Å². The van der Waals surface area contributed by atoms with Crippen molar-refractivity contribution in [2.45, 2.75) is 37.2 Å². The van der Waals surface area contributed by atoms with Crippen molar-refractivity contribution in [3.63, 3.8) is 0 Å². The molecule has 0 aromatic heterocycles. The number of nitrogens with one attached hydrogen (secondary N) is 1. The number of hydrogen-bond donors (Lipinski definition) is 1. The maximum atomic E-state index is 13.4. The molecule has 1 aliphatic carbocycles. The minimum Gasteiger partial charge on any atom is -0.497 e. The second-order valence-electron chi connectivity index (χ2n) is 8.29. The van der Waals surface area contributed by atoms with E-state index in [2.05, 4.69) is 4.72 Å². The molecule has 7 nitrogen and oxygen atoms in total. The molecule has 1 aliphatic rings. The van der Waals surface area contributed by atoms with Crippen molar-refractivity contribution in [1.82, 2.24) is 4.90 Å². The molecule has 0 aliphatic heterocycles. The molecule has 0 bridgehead atoms. The Kier molecular flexibility index (Phi) is 6.79. The molecular weight excluding hydrogens is 452 g/mol. The number of ether oxygens (including phenoxy) is 2. The molecular formula is C26H28N2O5S. The van der Waals surface area contributed by atoms with Gasteiger partial charge in [0.2, 0.25) is 0 Å². The number of anilines is 1. The Bertz CT molecular complexity index is 1280. The fourth-order valence-electron chi connectivity index (χ4n) is 3.78. The maximum Gasteiger partial charge on any atom is 0.261 e. The van der Waals surface area contributed by atoms with E-state index in [0.29, 0.717) is 29.3 Å². The van der Waals surface area contributed by atoms with Gasteiger partial charge in [0.05, 0.1) is 31.3 Å². The van der Waals surface area contributed by atoms with E-state index in [-0.39, 0.29) is 16.8 Å². The number of benzene rings is 3. The Morgan fingerprint density at radius 2 is 1.71 bits per heavy atom. The van der Waals surface area contributed by atoms with Gasteiger partial charge in [0.25, 0.3) is 15.9 Å². The lowest BCUT2D eigenvalue weighted by atomic mass is 10.1. The topological polar surface area (TPSA) is 84.9 Å². The highest BCUT2D eigenvalue weighted by Crippen LogP contribution is 2.33. The standard InChI is InChI=1S/C26H28N2O5S/c1-18-6-4-5-7-24(18)27-34(30,31)23-13-8-19(9-14-23)26(29)28(21-10-11-21)17-20-16-22(32-2)12-15-25(20)33-3/h4-9,12-16,21,27H,10-11,17H2,1-3H3. The second-order valence-corrected chi connectivity index (χ2v) is 9.97. The van der Waals surface area contributed by atoms with Gasteiger partial charge < -0.3 is 14.4 Å². The highest BCUT2D eigenvalue weighted by molar-refractivity contribution is 7.92. The third-order valence-corrected chi connectivity index (χ3v) is 7.26. The fourth-order valence-corrected chi connectivity index (χ4v) is 4.91. The Balaban J connectivity index is 1.55. The molecule has 0 unspecified atom stereocenters. The lowest BCUT2D eigenvalue weighted by Crippen LogP contribution is -2.32. The number of methoxy groups -OCH3 is 2. The Morgan fingerprint density at radius 3 is 2.32 bits per heavy atom. The van der Waals surface area contributed by atoms with Gasteiger partial charge in [-0.25, -0.2) is 8.42 Å². The average Bonchev–Trinajstić information content (AvgIpc) is 3.68. The van der Waals surface area contributed by atoms with Crippen molar-refractivity contribution in [2.24, 2.45) is 0 Å². The summed E-state index contributed by atoms with van der Waals surface area (Å²) in [6.07, 6.45) is 1.87. The number of carbonyl (C=O) groups is 1. The lowest BCUT2D eigenvalue weighted by Gasteiger charge is -2.24. The molecule has 178 valence electrons. The zero-order valence-corrected chi connectivity index (χ0v) is 20.3. The van der Waals surface area contributed by atoms with Crippen molar-refractivity contribution < 1.29 is 22.7 Å². The lowest BCUT2D eigenvalue weighted by molar-refractivity contribution is 0.0728. The van der Waals surface area contributed by atoms with Crippen LogP contribution < -0.4 is 14.2 Å². The molecule has 4 rings (SSSR count). The molecule has 0 atom stereocenters. The SMILES string of the molecule is COc1ccc(OC)c(CN(C(=O)c2ccc(S(=O)(=O)Nc3ccccc3C)cc2)C2CC2)c1. The van der Waals surface area contributed by atoms with Crippen LogP contribution in [0.3, 0.4) is 0 Å². The predicted molar refractivity (Wildman–Crippen MR) is 131 cm³/mol. The second kappa shape index (κ2) is 9.77. The number of hydrogen-bond acceptors (Lipinski definition) is 5. The van der Waals surface area contributed by atoms with Crippen LogP contribution in [-0.4, -0.2) is 39.5 Å². The molecule has 1 saturated carbocycles. The van der Waals surface area contributed by atoms with E-state index in [9.17, 15) is 13.2 Å². The fraction of sp³-hybridized carbons (Fsp3) is 0.269. The van der Waals surface area contributed by atoms with E-state index in [1.165, 1.54) is 12.1 Å². The van der Waals surface area contributed by atoms with Crippen LogP contribution in [0, 0.1) is 6.92 Å². The molecule has 0 heterocycles. The van der Waals surface area contributed by atoms with Crippen LogP contribution in [-0.2, 0) is 16.6 Å². The molecule has 34 heavy (non-hydrogen) atoms. The van der Waals surface area contributed by atoms with Crippen LogP contribution in [0.2, 0.25) is 0 Å². The number of aryl methyl sites for hydroxylation is 1. The number of para-hydroxylation sites is 1. The van der Waals surface area contributed by atoms with Gasteiger partial charge in [-0.05, 0) is 73.9 Å². The van der Waals surface area contributed by atoms with Crippen molar-refractivity contribution in [1.29, 1.82) is 0 Å². The smallest absolute Gasteiger partial charge is 0.261 e. The Labute approximate surface area is 200 Å². The van der Waals surface area contributed by atoms with E-state index in [1.54, 1.807) is 38.5 Å². The third-order valence-electron chi connectivity index (χ3n) is 5.88. The number of carbonyl (C=O) groups excluding carboxylic acids is 1. The first-order valence-electron chi connectivity index (χ1n) is 11.0. The van der Waals surface area contributed by atoms with Gasteiger partial charge in [-0.15, -0.1) is 0 Å². The minimum absolute atomic E-state index is 0.0970. The van der Waals surface area contributed by atoms with E-state index >= 15 is 0 Å². The number of rotatable bonds is 9. The monoisotopic (exact) mass is 480 g/mol. The summed E-state index contributed by atoms with van der Waals surface area (Å²) >= 11 is 0. The summed E-state index contributed by atoms with van der Waals surface area (Å²) in [6.45, 7) is 2.21. The first-order valence-corrected chi connectivity index (χ1v) is 12.5. The average molecular weight is 481 g/mol. The van der Waals surface area contributed by atoms with Gasteiger partial charge in [0.15, 0.2) is 0 Å². The van der Waals surface area contributed by atoms with Crippen molar-refractivity contribution in [3.8, 4) is 11.5 Å². The van der Waals surface area contributed by atoms with Crippen LogP contribution in [0.1, 0.15) is 34.3 Å². The van der Waals surface area contributed by atoms with E-state index in [4.69, 9.17) is 9.47 Å². The van der Waals surface area contributed by atoms with Crippen molar-refractivity contribution in [2.75, 3.05) is 18.9 Å². The van der Waals surface area contributed by atoms with Crippen LogP contribution >= 0.6 is 0 Å². The molecule has 0 spiro atoms. The first kappa shape index (κ1) is 23.6. The molecule has 0 radical (unpaired) electrons. The number of nitrogens with zero attached hydrogens (tertiary/aromatic N) is 1. The maximum absolute atomic E-state index is 13.4. The summed E-state index contributed by atoms with van der Waals surface area (Å²) in [7, 11) is -0.581. The zero-order valence-electron chi connectivity index (χ0n) is 19.4. The molecule has 0 saturated heterocycles. The van der Waals surface area contributed by atoms with Crippen LogP contribution in [0.4, 0.5) is 5.69 Å². The van der Waals surface area contributed by atoms with E-state index in [1.807, 2.05) is 42.2 Å². The Morgan fingerprint density at radius 1 is 1.00 bits per heavy atom. The third kappa shape index (κ3) is 5.17. The minimum atomic E-state index is -3.77. The summed E-state index contributed by atoms with van der Waals surface area (Å²) in [4.78, 5) is 15.3.